The van der Waals surface area contributed by atoms with Crippen LogP contribution in [0.3, 0.4) is 0 Å². The largest absolute Gasteiger partial charge is 0.489 e. The van der Waals surface area contributed by atoms with Crippen LogP contribution in [0.1, 0.15) is 36.3 Å². The maximum absolute atomic E-state index is 5.85. The number of furan rings is 1. The Balaban J connectivity index is 1.96. The zero-order valence-corrected chi connectivity index (χ0v) is 12.7. The van der Waals surface area contributed by atoms with Gasteiger partial charge in [-0.3, -0.25) is 0 Å². The molecule has 3 heteroatoms. The van der Waals surface area contributed by atoms with Gasteiger partial charge in [-0.15, -0.1) is 0 Å². The van der Waals surface area contributed by atoms with E-state index < -0.39 is 0 Å². The first-order chi connectivity index (χ1) is 9.56. The fourth-order valence-electron chi connectivity index (χ4n) is 1.91. The van der Waals surface area contributed by atoms with E-state index in [4.69, 9.17) is 9.15 Å². The normalized spacial score (nSPS) is 11.1. The topological polar surface area (TPSA) is 34.4 Å². The molecular formula is C17H23NO2. The Morgan fingerprint density at radius 3 is 2.65 bits per heavy atom. The maximum atomic E-state index is 5.85. The summed E-state index contributed by atoms with van der Waals surface area (Å²) in [4.78, 5) is 0. The van der Waals surface area contributed by atoms with Gasteiger partial charge in [0.15, 0.2) is 0 Å². The summed E-state index contributed by atoms with van der Waals surface area (Å²) >= 11 is 0. The fraction of sp³-hybridized carbons (Fsp3) is 0.412. The van der Waals surface area contributed by atoms with Crippen molar-refractivity contribution in [3.63, 3.8) is 0 Å². The molecule has 0 aliphatic rings. The van der Waals surface area contributed by atoms with Gasteiger partial charge in [-0.25, -0.2) is 0 Å². The molecule has 0 spiro atoms. The van der Waals surface area contributed by atoms with Crippen LogP contribution in [-0.2, 0) is 13.2 Å². The monoisotopic (exact) mass is 273 g/mol. The van der Waals surface area contributed by atoms with Crippen LogP contribution in [-0.4, -0.2) is 6.04 Å². The van der Waals surface area contributed by atoms with Gasteiger partial charge in [0.1, 0.15) is 18.1 Å². The second-order valence-corrected chi connectivity index (χ2v) is 5.44. The Bertz CT molecular complexity index is 558. The molecule has 1 heterocycles. The molecule has 0 saturated heterocycles. The highest BCUT2D eigenvalue weighted by atomic mass is 16.5. The number of aryl methyl sites for hydroxylation is 2. The molecule has 0 aliphatic carbocycles. The maximum Gasteiger partial charge on any atom is 0.124 e. The minimum Gasteiger partial charge on any atom is -0.489 e. The van der Waals surface area contributed by atoms with Gasteiger partial charge in [0, 0.05) is 11.6 Å². The van der Waals surface area contributed by atoms with Crippen molar-refractivity contribution in [2.45, 2.75) is 46.9 Å². The smallest absolute Gasteiger partial charge is 0.124 e. The van der Waals surface area contributed by atoms with Crippen LogP contribution in [0.5, 0.6) is 5.75 Å². The summed E-state index contributed by atoms with van der Waals surface area (Å²) < 4.78 is 11.3. The van der Waals surface area contributed by atoms with Crippen LogP contribution in [0.15, 0.2) is 34.9 Å². The van der Waals surface area contributed by atoms with Crippen LogP contribution in [0, 0.1) is 13.8 Å². The second kappa shape index (κ2) is 6.62. The first-order valence-corrected chi connectivity index (χ1v) is 7.05. The first kappa shape index (κ1) is 14.7. The molecule has 0 saturated carbocycles. The molecule has 0 atom stereocenters. The highest BCUT2D eigenvalue weighted by Gasteiger charge is 2.08. The number of ether oxygens (including phenoxy) is 1. The van der Waals surface area contributed by atoms with E-state index in [2.05, 4.69) is 45.1 Å². The van der Waals surface area contributed by atoms with E-state index in [0.29, 0.717) is 12.6 Å². The van der Waals surface area contributed by atoms with Gasteiger partial charge in [0.2, 0.25) is 0 Å². The van der Waals surface area contributed by atoms with Crippen LogP contribution < -0.4 is 10.1 Å². The van der Waals surface area contributed by atoms with Crippen molar-refractivity contribution in [1.82, 2.24) is 5.32 Å². The fourth-order valence-corrected chi connectivity index (χ4v) is 1.91. The molecule has 0 bridgehead atoms. The summed E-state index contributed by atoms with van der Waals surface area (Å²) in [7, 11) is 0. The Morgan fingerprint density at radius 1 is 1.15 bits per heavy atom. The van der Waals surface area contributed by atoms with Gasteiger partial charge in [-0.2, -0.15) is 0 Å². The van der Waals surface area contributed by atoms with Crippen molar-refractivity contribution < 1.29 is 9.15 Å². The van der Waals surface area contributed by atoms with E-state index >= 15 is 0 Å². The average Bonchev–Trinajstić information content (AvgIpc) is 2.85. The number of hydrogen-bond acceptors (Lipinski definition) is 3. The molecule has 0 amide bonds. The van der Waals surface area contributed by atoms with E-state index in [1.54, 1.807) is 6.26 Å². The van der Waals surface area contributed by atoms with Crippen molar-refractivity contribution in [1.29, 1.82) is 0 Å². The lowest BCUT2D eigenvalue weighted by Crippen LogP contribution is -2.22. The summed E-state index contributed by atoms with van der Waals surface area (Å²) in [6, 6.07) is 8.57. The highest BCUT2D eigenvalue weighted by molar-refractivity contribution is 5.34. The van der Waals surface area contributed by atoms with Crippen LogP contribution in [0.4, 0.5) is 0 Å². The molecule has 2 aromatic rings. The molecule has 20 heavy (non-hydrogen) atoms. The van der Waals surface area contributed by atoms with Crippen LogP contribution >= 0.6 is 0 Å². The third-order valence-electron chi connectivity index (χ3n) is 3.38. The molecule has 2 rings (SSSR count). The van der Waals surface area contributed by atoms with Crippen LogP contribution in [0.25, 0.3) is 0 Å². The Labute approximate surface area is 121 Å². The quantitative estimate of drug-likeness (QED) is 0.864. The molecule has 108 valence electrons. The first-order valence-electron chi connectivity index (χ1n) is 7.05. The van der Waals surface area contributed by atoms with Crippen molar-refractivity contribution in [2.75, 3.05) is 0 Å². The van der Waals surface area contributed by atoms with Crippen molar-refractivity contribution in [3.8, 4) is 5.75 Å². The number of nitrogens with one attached hydrogen (secondary N) is 1. The van der Waals surface area contributed by atoms with Crippen LogP contribution in [0.2, 0.25) is 0 Å². The van der Waals surface area contributed by atoms with Gasteiger partial charge < -0.3 is 14.5 Å². The lowest BCUT2D eigenvalue weighted by atomic mass is 10.1. The van der Waals surface area contributed by atoms with Gasteiger partial charge in [-0.05, 0) is 43.2 Å². The Hall–Kier alpha value is -1.74. The van der Waals surface area contributed by atoms with Crippen molar-refractivity contribution in [3.05, 3.63) is 53.0 Å². The van der Waals surface area contributed by atoms with Gasteiger partial charge in [0.05, 0.1) is 12.8 Å². The van der Waals surface area contributed by atoms with E-state index in [-0.39, 0.29) is 0 Å². The highest BCUT2D eigenvalue weighted by Crippen LogP contribution is 2.19. The SMILES string of the molecule is Cc1ccc(OCc2ccoc2CNC(C)C)cc1C. The van der Waals surface area contributed by atoms with E-state index in [1.807, 2.05) is 12.1 Å². The number of hydrogen-bond donors (Lipinski definition) is 1. The summed E-state index contributed by atoms with van der Waals surface area (Å²) in [6.45, 7) is 9.70. The van der Waals surface area contributed by atoms with Crippen molar-refractivity contribution >= 4 is 0 Å². The van der Waals surface area contributed by atoms with E-state index in [0.717, 1.165) is 23.6 Å². The zero-order valence-electron chi connectivity index (χ0n) is 12.7. The summed E-state index contributed by atoms with van der Waals surface area (Å²) in [5.74, 6) is 1.85. The predicted octanol–water partition coefficient (Wildman–Crippen LogP) is 3.97. The molecule has 0 radical (unpaired) electrons. The van der Waals surface area contributed by atoms with E-state index in [1.165, 1.54) is 11.1 Å². The third kappa shape index (κ3) is 3.87. The lowest BCUT2D eigenvalue weighted by molar-refractivity contribution is 0.300. The molecule has 0 fully saturated rings. The molecule has 1 aromatic heterocycles. The standard InChI is InChI=1S/C17H23NO2/c1-12(2)18-10-17-15(7-8-19-17)11-20-16-6-5-13(3)14(4)9-16/h5-9,12,18H,10-11H2,1-4H3. The van der Waals surface area contributed by atoms with Gasteiger partial charge in [0.25, 0.3) is 0 Å². The zero-order chi connectivity index (χ0) is 14.5. The molecular weight excluding hydrogens is 250 g/mol. The van der Waals surface area contributed by atoms with E-state index in [9.17, 15) is 0 Å². The summed E-state index contributed by atoms with van der Waals surface area (Å²) in [5, 5.41) is 3.35. The predicted molar refractivity (Wildman–Crippen MR) is 80.9 cm³/mol. The summed E-state index contributed by atoms with van der Waals surface area (Å²) in [6.07, 6.45) is 1.72. The van der Waals surface area contributed by atoms with Gasteiger partial charge in [-0.1, -0.05) is 19.9 Å². The molecule has 0 unspecified atom stereocenters. The minimum absolute atomic E-state index is 0.439. The minimum atomic E-state index is 0.439. The third-order valence-corrected chi connectivity index (χ3v) is 3.38. The number of benzene rings is 1. The second-order valence-electron chi connectivity index (χ2n) is 5.44. The Morgan fingerprint density at radius 2 is 1.95 bits per heavy atom. The average molecular weight is 273 g/mol. The molecule has 0 aliphatic heterocycles. The Kier molecular flexibility index (Phi) is 4.85. The van der Waals surface area contributed by atoms with Crippen molar-refractivity contribution in [2.24, 2.45) is 0 Å². The lowest BCUT2D eigenvalue weighted by Gasteiger charge is -2.10. The molecule has 1 N–H and O–H groups in total. The summed E-state index contributed by atoms with van der Waals surface area (Å²) in [5.41, 5.74) is 3.62. The number of rotatable bonds is 6. The molecule has 3 nitrogen and oxygen atoms in total. The van der Waals surface area contributed by atoms with Gasteiger partial charge >= 0.3 is 0 Å². The molecule has 1 aromatic carbocycles.